The van der Waals surface area contributed by atoms with Gasteiger partial charge in [0.25, 0.3) is 5.91 Å². The van der Waals surface area contributed by atoms with Gasteiger partial charge in [0.15, 0.2) is 0 Å². The second-order valence-electron chi connectivity index (χ2n) is 6.85. The van der Waals surface area contributed by atoms with E-state index in [2.05, 4.69) is 0 Å². The van der Waals surface area contributed by atoms with Gasteiger partial charge in [-0.05, 0) is 25.0 Å². The van der Waals surface area contributed by atoms with Gasteiger partial charge < -0.3 is 19.3 Å². The number of carbonyl (C=O) groups excluding carboxylic acids is 2. The topological polar surface area (TPSA) is 59.1 Å². The van der Waals surface area contributed by atoms with Gasteiger partial charge in [-0.3, -0.25) is 9.59 Å². The maximum absolute atomic E-state index is 12.9. The minimum atomic E-state index is -0.330. The molecule has 1 aliphatic carbocycles. The van der Waals surface area contributed by atoms with E-state index in [1.54, 1.807) is 31.3 Å². The van der Waals surface area contributed by atoms with Crippen LogP contribution in [0.1, 0.15) is 29.6 Å². The van der Waals surface area contributed by atoms with Crippen LogP contribution in [0, 0.1) is 5.41 Å². The van der Waals surface area contributed by atoms with Crippen LogP contribution in [0.2, 0.25) is 0 Å². The first kappa shape index (κ1) is 17.7. The fraction of sp³-hybridized carbons (Fsp3) is 0.579. The Hall–Kier alpha value is -2.08. The van der Waals surface area contributed by atoms with Gasteiger partial charge in [0.1, 0.15) is 5.75 Å². The summed E-state index contributed by atoms with van der Waals surface area (Å²) in [6, 6.07) is 7.25. The summed E-state index contributed by atoms with van der Waals surface area (Å²) in [6.07, 6.45) is 2.89. The number of rotatable bonds is 5. The number of nitrogens with zero attached hydrogens (tertiary/aromatic N) is 2. The molecule has 1 saturated heterocycles. The SMILES string of the molecule is COCC1(C(=O)N2CCN(C(=O)c3ccccc3OC)CC2)CCC1. The molecule has 1 saturated carbocycles. The van der Waals surface area contributed by atoms with Gasteiger partial charge >= 0.3 is 0 Å². The van der Waals surface area contributed by atoms with Crippen LogP contribution in [-0.4, -0.2) is 68.6 Å². The number of carbonyl (C=O) groups is 2. The highest BCUT2D eigenvalue weighted by atomic mass is 16.5. The predicted octanol–water partition coefficient (Wildman–Crippen LogP) is 1.80. The second-order valence-corrected chi connectivity index (χ2v) is 6.85. The maximum atomic E-state index is 12.9. The summed E-state index contributed by atoms with van der Waals surface area (Å²) in [4.78, 5) is 29.3. The minimum absolute atomic E-state index is 0.0419. The molecular formula is C19H26N2O4. The van der Waals surface area contributed by atoms with Crippen LogP contribution in [0.3, 0.4) is 0 Å². The number of hydrogen-bond donors (Lipinski definition) is 0. The van der Waals surface area contributed by atoms with Gasteiger partial charge in [0.05, 0.1) is 24.7 Å². The van der Waals surface area contributed by atoms with Gasteiger partial charge in [0.2, 0.25) is 5.91 Å². The Balaban J connectivity index is 1.62. The average Bonchev–Trinajstić information content (AvgIpc) is 2.63. The van der Waals surface area contributed by atoms with Crippen molar-refractivity contribution in [1.82, 2.24) is 9.80 Å². The van der Waals surface area contributed by atoms with Crippen LogP contribution in [0.25, 0.3) is 0 Å². The first-order valence-corrected chi connectivity index (χ1v) is 8.82. The number of methoxy groups -OCH3 is 2. The summed E-state index contributed by atoms with van der Waals surface area (Å²) in [5, 5.41) is 0. The molecule has 0 unspecified atom stereocenters. The lowest BCUT2D eigenvalue weighted by atomic mass is 9.68. The van der Waals surface area contributed by atoms with Crippen molar-refractivity contribution in [2.75, 3.05) is 47.0 Å². The number of benzene rings is 1. The maximum Gasteiger partial charge on any atom is 0.257 e. The van der Waals surface area contributed by atoms with E-state index < -0.39 is 0 Å². The molecule has 1 aromatic rings. The van der Waals surface area contributed by atoms with Crippen LogP contribution in [-0.2, 0) is 9.53 Å². The Labute approximate surface area is 148 Å². The number of para-hydroxylation sites is 1. The van der Waals surface area contributed by atoms with Gasteiger partial charge in [-0.1, -0.05) is 18.6 Å². The lowest BCUT2D eigenvalue weighted by Gasteiger charge is -2.45. The highest BCUT2D eigenvalue weighted by molar-refractivity contribution is 5.97. The second kappa shape index (κ2) is 7.44. The molecule has 1 heterocycles. The van der Waals surface area contributed by atoms with Crippen LogP contribution in [0.5, 0.6) is 5.75 Å². The third-order valence-electron chi connectivity index (χ3n) is 5.38. The van der Waals surface area contributed by atoms with Crippen molar-refractivity contribution >= 4 is 11.8 Å². The van der Waals surface area contributed by atoms with Gasteiger partial charge in [0, 0.05) is 33.3 Å². The standard InChI is InChI=1S/C19H26N2O4/c1-24-14-19(8-5-9-19)18(23)21-12-10-20(11-13-21)17(22)15-6-3-4-7-16(15)25-2/h3-4,6-7H,5,8-14H2,1-2H3. The van der Waals surface area contributed by atoms with E-state index >= 15 is 0 Å². The third-order valence-corrected chi connectivity index (χ3v) is 5.38. The molecule has 0 bridgehead atoms. The molecule has 3 rings (SSSR count). The quantitative estimate of drug-likeness (QED) is 0.816. The zero-order valence-corrected chi connectivity index (χ0v) is 15.0. The summed E-state index contributed by atoms with van der Waals surface area (Å²) in [5.74, 6) is 0.726. The first-order valence-electron chi connectivity index (χ1n) is 8.82. The van der Waals surface area contributed by atoms with E-state index in [9.17, 15) is 9.59 Å². The monoisotopic (exact) mass is 346 g/mol. The van der Waals surface area contributed by atoms with Crippen molar-refractivity contribution in [3.05, 3.63) is 29.8 Å². The number of hydrogen-bond acceptors (Lipinski definition) is 4. The largest absolute Gasteiger partial charge is 0.496 e. The van der Waals surface area contributed by atoms with Crippen molar-refractivity contribution in [3.63, 3.8) is 0 Å². The Morgan fingerprint density at radius 1 is 1.04 bits per heavy atom. The van der Waals surface area contributed by atoms with E-state index in [0.29, 0.717) is 44.1 Å². The fourth-order valence-electron chi connectivity index (χ4n) is 3.74. The smallest absolute Gasteiger partial charge is 0.257 e. The molecule has 0 spiro atoms. The summed E-state index contributed by atoms with van der Waals surface area (Å²) >= 11 is 0. The molecule has 1 aliphatic heterocycles. The van der Waals surface area contributed by atoms with Crippen molar-refractivity contribution in [2.24, 2.45) is 5.41 Å². The molecule has 25 heavy (non-hydrogen) atoms. The van der Waals surface area contributed by atoms with E-state index in [-0.39, 0.29) is 17.2 Å². The van der Waals surface area contributed by atoms with Crippen LogP contribution in [0.4, 0.5) is 0 Å². The zero-order valence-electron chi connectivity index (χ0n) is 15.0. The Bertz CT molecular complexity index is 634. The van der Waals surface area contributed by atoms with Gasteiger partial charge in [-0.2, -0.15) is 0 Å². The molecule has 2 fully saturated rings. The van der Waals surface area contributed by atoms with Crippen molar-refractivity contribution in [3.8, 4) is 5.75 Å². The number of amides is 2. The summed E-state index contributed by atoms with van der Waals surface area (Å²) < 4.78 is 10.6. The molecule has 1 aromatic carbocycles. The Kier molecular flexibility index (Phi) is 5.27. The Morgan fingerprint density at radius 3 is 2.24 bits per heavy atom. The molecule has 0 N–H and O–H groups in total. The molecule has 6 heteroatoms. The van der Waals surface area contributed by atoms with Crippen molar-refractivity contribution < 1.29 is 19.1 Å². The van der Waals surface area contributed by atoms with Crippen LogP contribution >= 0.6 is 0 Å². The molecule has 0 radical (unpaired) electrons. The normalized spacial score (nSPS) is 19.3. The first-order chi connectivity index (χ1) is 12.1. The molecule has 136 valence electrons. The molecular weight excluding hydrogens is 320 g/mol. The summed E-state index contributed by atoms with van der Waals surface area (Å²) in [5.41, 5.74) is 0.239. The van der Waals surface area contributed by atoms with Gasteiger partial charge in [-0.15, -0.1) is 0 Å². The molecule has 2 amide bonds. The predicted molar refractivity (Wildman–Crippen MR) is 93.6 cm³/mol. The molecule has 6 nitrogen and oxygen atoms in total. The molecule has 2 aliphatic rings. The fourth-order valence-corrected chi connectivity index (χ4v) is 3.74. The number of ether oxygens (including phenoxy) is 2. The van der Waals surface area contributed by atoms with Crippen molar-refractivity contribution in [2.45, 2.75) is 19.3 Å². The average molecular weight is 346 g/mol. The third kappa shape index (κ3) is 3.35. The molecule has 0 aromatic heterocycles. The highest BCUT2D eigenvalue weighted by Crippen LogP contribution is 2.42. The molecule has 0 atom stereocenters. The van der Waals surface area contributed by atoms with E-state index in [1.807, 2.05) is 17.0 Å². The van der Waals surface area contributed by atoms with Crippen LogP contribution in [0.15, 0.2) is 24.3 Å². The highest BCUT2D eigenvalue weighted by Gasteiger charge is 2.46. The van der Waals surface area contributed by atoms with Gasteiger partial charge in [-0.25, -0.2) is 0 Å². The lowest BCUT2D eigenvalue weighted by Crippen LogP contribution is -2.57. The Morgan fingerprint density at radius 2 is 1.68 bits per heavy atom. The lowest BCUT2D eigenvalue weighted by molar-refractivity contribution is -0.153. The van der Waals surface area contributed by atoms with E-state index in [4.69, 9.17) is 9.47 Å². The van der Waals surface area contributed by atoms with Crippen LogP contribution < -0.4 is 4.74 Å². The summed E-state index contributed by atoms with van der Waals surface area (Å²) in [7, 11) is 3.22. The number of piperazine rings is 1. The zero-order chi connectivity index (χ0) is 17.9. The minimum Gasteiger partial charge on any atom is -0.496 e. The van der Waals surface area contributed by atoms with E-state index in [1.165, 1.54) is 0 Å². The van der Waals surface area contributed by atoms with E-state index in [0.717, 1.165) is 19.3 Å². The van der Waals surface area contributed by atoms with Crippen molar-refractivity contribution in [1.29, 1.82) is 0 Å². The summed E-state index contributed by atoms with van der Waals surface area (Å²) in [6.45, 7) is 2.74.